The van der Waals surface area contributed by atoms with E-state index in [1.165, 1.54) is 12.3 Å². The second-order valence-electron chi connectivity index (χ2n) is 4.47. The van der Waals surface area contributed by atoms with E-state index in [2.05, 4.69) is 15.0 Å². The summed E-state index contributed by atoms with van der Waals surface area (Å²) in [4.78, 5) is 4.10. The Balaban J connectivity index is 2.17. The van der Waals surface area contributed by atoms with Crippen molar-refractivity contribution in [3.8, 4) is 0 Å². The molecule has 1 heterocycles. The zero-order valence-corrected chi connectivity index (χ0v) is 13.3. The Morgan fingerprint density at radius 1 is 1.33 bits per heavy atom. The van der Waals surface area contributed by atoms with Crippen LogP contribution in [0.15, 0.2) is 33.7 Å². The second-order valence-corrected chi connectivity index (χ2v) is 6.65. The first-order chi connectivity index (χ1) is 9.92. The molecule has 0 unspecified atom stereocenters. The molecule has 0 spiro atoms. The Morgan fingerprint density at radius 2 is 2.10 bits per heavy atom. The molecule has 1 aromatic carbocycles. The Morgan fingerprint density at radius 3 is 2.71 bits per heavy atom. The summed E-state index contributed by atoms with van der Waals surface area (Å²) in [6.07, 6.45) is 1.54. The lowest BCUT2D eigenvalue weighted by Gasteiger charge is -2.09. The maximum absolute atomic E-state index is 12.2. The summed E-state index contributed by atoms with van der Waals surface area (Å²) in [6.45, 7) is 2.23. The number of hydrogen-bond donors (Lipinski definition) is 2. The maximum Gasteiger partial charge on any atom is 0.241 e. The van der Waals surface area contributed by atoms with Crippen LogP contribution in [0.2, 0.25) is 5.02 Å². The second kappa shape index (κ2) is 6.57. The highest BCUT2D eigenvalue weighted by molar-refractivity contribution is 7.89. The fraction of sp³-hybridized carbons (Fsp3) is 0.308. The number of sulfonamides is 1. The molecular formula is C13H16ClN3O3S. The monoisotopic (exact) mass is 329 g/mol. The molecule has 0 saturated carbocycles. The van der Waals surface area contributed by atoms with Gasteiger partial charge in [0.1, 0.15) is 5.76 Å². The van der Waals surface area contributed by atoms with Gasteiger partial charge in [-0.25, -0.2) is 18.1 Å². The van der Waals surface area contributed by atoms with Gasteiger partial charge in [-0.05, 0) is 37.7 Å². The standard InChI is InChI=1S/C13H16ClN3O3S/c1-9-6-16-13(20-9)8-17-21(18,19)11-3-4-12(14)10(5-11)7-15-2/h3-6,15,17H,7-8H2,1-2H3. The van der Waals surface area contributed by atoms with Gasteiger partial charge in [0.15, 0.2) is 0 Å². The van der Waals surface area contributed by atoms with E-state index in [-0.39, 0.29) is 11.4 Å². The summed E-state index contributed by atoms with van der Waals surface area (Å²) in [5.41, 5.74) is 0.717. The fourth-order valence-electron chi connectivity index (χ4n) is 1.77. The maximum atomic E-state index is 12.2. The Kier molecular flexibility index (Phi) is 5.00. The van der Waals surface area contributed by atoms with Crippen molar-refractivity contribution >= 4 is 21.6 Å². The highest BCUT2D eigenvalue weighted by Gasteiger charge is 2.16. The van der Waals surface area contributed by atoms with Gasteiger partial charge in [-0.3, -0.25) is 0 Å². The lowest BCUT2D eigenvalue weighted by molar-refractivity contribution is 0.463. The predicted octanol–water partition coefficient (Wildman–Crippen LogP) is 1.83. The van der Waals surface area contributed by atoms with Gasteiger partial charge >= 0.3 is 0 Å². The van der Waals surface area contributed by atoms with Crippen molar-refractivity contribution in [3.05, 3.63) is 46.6 Å². The van der Waals surface area contributed by atoms with Crippen molar-refractivity contribution in [1.82, 2.24) is 15.0 Å². The van der Waals surface area contributed by atoms with Crippen molar-refractivity contribution in [3.63, 3.8) is 0 Å². The number of halogens is 1. The molecule has 114 valence electrons. The van der Waals surface area contributed by atoms with E-state index in [0.29, 0.717) is 28.8 Å². The number of hydrogen-bond acceptors (Lipinski definition) is 5. The molecule has 0 aliphatic rings. The summed E-state index contributed by atoms with van der Waals surface area (Å²) in [5, 5.41) is 3.46. The molecule has 8 heteroatoms. The van der Waals surface area contributed by atoms with Gasteiger partial charge in [-0.2, -0.15) is 0 Å². The SMILES string of the molecule is CNCc1cc(S(=O)(=O)NCc2ncc(C)o2)ccc1Cl. The third-order valence-electron chi connectivity index (χ3n) is 2.78. The first kappa shape index (κ1) is 16.0. The minimum atomic E-state index is -3.64. The molecule has 0 aliphatic carbocycles. The molecule has 2 N–H and O–H groups in total. The molecule has 0 radical (unpaired) electrons. The predicted molar refractivity (Wildman–Crippen MR) is 79.5 cm³/mol. The zero-order valence-electron chi connectivity index (χ0n) is 11.7. The average molecular weight is 330 g/mol. The summed E-state index contributed by atoms with van der Waals surface area (Å²) in [6, 6.07) is 4.57. The number of oxazole rings is 1. The zero-order chi connectivity index (χ0) is 15.5. The van der Waals surface area contributed by atoms with Crippen LogP contribution in [0.1, 0.15) is 17.2 Å². The summed E-state index contributed by atoms with van der Waals surface area (Å²) < 4.78 is 32.1. The number of benzene rings is 1. The van der Waals surface area contributed by atoms with E-state index in [1.54, 1.807) is 26.1 Å². The highest BCUT2D eigenvalue weighted by Crippen LogP contribution is 2.20. The van der Waals surface area contributed by atoms with Gasteiger partial charge < -0.3 is 9.73 Å². The van der Waals surface area contributed by atoms with Gasteiger partial charge in [0.05, 0.1) is 17.6 Å². The third kappa shape index (κ3) is 4.04. The molecule has 6 nitrogen and oxygen atoms in total. The van der Waals surface area contributed by atoms with E-state index in [0.717, 1.165) is 0 Å². The summed E-state index contributed by atoms with van der Waals surface area (Å²) in [5.74, 6) is 0.951. The number of aromatic nitrogens is 1. The number of nitrogens with zero attached hydrogens (tertiary/aromatic N) is 1. The third-order valence-corrected chi connectivity index (χ3v) is 4.54. The molecule has 21 heavy (non-hydrogen) atoms. The molecule has 2 rings (SSSR count). The lowest BCUT2D eigenvalue weighted by atomic mass is 10.2. The van der Waals surface area contributed by atoms with Crippen molar-refractivity contribution in [2.75, 3.05) is 7.05 Å². The van der Waals surface area contributed by atoms with E-state index < -0.39 is 10.0 Å². The number of aryl methyl sites for hydroxylation is 1. The van der Waals surface area contributed by atoms with Crippen LogP contribution < -0.4 is 10.0 Å². The molecule has 0 atom stereocenters. The normalized spacial score (nSPS) is 11.8. The first-order valence-electron chi connectivity index (χ1n) is 6.26. The molecule has 0 bridgehead atoms. The van der Waals surface area contributed by atoms with Gasteiger partial charge in [0.2, 0.25) is 15.9 Å². The summed E-state index contributed by atoms with van der Waals surface area (Å²) in [7, 11) is -1.88. The molecule has 1 aromatic heterocycles. The molecule has 0 amide bonds. The van der Waals surface area contributed by atoms with Crippen LogP contribution in [0.3, 0.4) is 0 Å². The molecular weight excluding hydrogens is 314 g/mol. The Hall–Kier alpha value is -1.41. The van der Waals surface area contributed by atoms with Crippen LogP contribution in [0.25, 0.3) is 0 Å². The van der Waals surface area contributed by atoms with Crippen LogP contribution in [-0.2, 0) is 23.1 Å². The number of nitrogens with one attached hydrogen (secondary N) is 2. The van der Waals surface area contributed by atoms with Gasteiger partial charge in [0.25, 0.3) is 0 Å². The minimum absolute atomic E-state index is 0.000160. The molecule has 0 fully saturated rings. The van der Waals surface area contributed by atoms with Crippen LogP contribution in [0.4, 0.5) is 0 Å². The average Bonchev–Trinajstić information content (AvgIpc) is 2.85. The van der Waals surface area contributed by atoms with Crippen LogP contribution >= 0.6 is 11.6 Å². The highest BCUT2D eigenvalue weighted by atomic mass is 35.5. The van der Waals surface area contributed by atoms with E-state index in [1.807, 2.05) is 0 Å². The van der Waals surface area contributed by atoms with Crippen LogP contribution in [0, 0.1) is 6.92 Å². The van der Waals surface area contributed by atoms with Gasteiger partial charge in [-0.15, -0.1) is 0 Å². The topological polar surface area (TPSA) is 84.2 Å². The van der Waals surface area contributed by atoms with Crippen molar-refractivity contribution < 1.29 is 12.8 Å². The Bertz CT molecular complexity index is 728. The molecule has 2 aromatic rings. The van der Waals surface area contributed by atoms with Gasteiger partial charge in [-0.1, -0.05) is 11.6 Å². The van der Waals surface area contributed by atoms with Crippen LogP contribution in [0.5, 0.6) is 0 Å². The van der Waals surface area contributed by atoms with Crippen molar-refractivity contribution in [1.29, 1.82) is 0 Å². The van der Waals surface area contributed by atoms with E-state index in [4.69, 9.17) is 16.0 Å². The largest absolute Gasteiger partial charge is 0.445 e. The van der Waals surface area contributed by atoms with Crippen LogP contribution in [-0.4, -0.2) is 20.4 Å². The van der Waals surface area contributed by atoms with Crippen molar-refractivity contribution in [2.24, 2.45) is 0 Å². The van der Waals surface area contributed by atoms with E-state index >= 15 is 0 Å². The minimum Gasteiger partial charge on any atom is -0.445 e. The smallest absolute Gasteiger partial charge is 0.241 e. The van der Waals surface area contributed by atoms with E-state index in [9.17, 15) is 8.42 Å². The summed E-state index contributed by atoms with van der Waals surface area (Å²) >= 11 is 6.02. The first-order valence-corrected chi connectivity index (χ1v) is 8.12. The number of rotatable bonds is 6. The van der Waals surface area contributed by atoms with Crippen molar-refractivity contribution in [2.45, 2.75) is 24.9 Å². The fourth-order valence-corrected chi connectivity index (χ4v) is 2.98. The molecule has 0 saturated heterocycles. The lowest BCUT2D eigenvalue weighted by Crippen LogP contribution is -2.23. The Labute approximate surface area is 128 Å². The van der Waals surface area contributed by atoms with Gasteiger partial charge in [0, 0.05) is 11.6 Å². The molecule has 0 aliphatic heterocycles. The quantitative estimate of drug-likeness (QED) is 0.844.